The number of hydrogen-bond donors (Lipinski definition) is 0. The van der Waals surface area contributed by atoms with Crippen LogP contribution in [0.3, 0.4) is 0 Å². The van der Waals surface area contributed by atoms with E-state index in [0.717, 1.165) is 11.8 Å². The van der Waals surface area contributed by atoms with Gasteiger partial charge in [-0.25, -0.2) is 0 Å². The molecular formula is C42H36Cl4N6O8S. The Hall–Kier alpha value is -5.45. The van der Waals surface area contributed by atoms with Crippen molar-refractivity contribution in [1.29, 1.82) is 0 Å². The molecule has 0 atom stereocenters. The topological polar surface area (TPSA) is 168 Å². The molecule has 14 nitrogen and oxygen atoms in total. The van der Waals surface area contributed by atoms with Crippen LogP contribution in [0.4, 0.5) is 11.4 Å². The first-order chi connectivity index (χ1) is 29.0. The van der Waals surface area contributed by atoms with Gasteiger partial charge in [-0.2, -0.15) is 0 Å². The molecule has 0 spiro atoms. The minimum atomic E-state index is -0.621. The predicted molar refractivity (Wildman–Crippen MR) is 237 cm³/mol. The Kier molecular flexibility index (Phi) is 14.4. The van der Waals surface area contributed by atoms with Crippen LogP contribution in [0.15, 0.2) is 82.6 Å². The average Bonchev–Trinajstić information content (AvgIpc) is 3.22. The van der Waals surface area contributed by atoms with Crippen molar-refractivity contribution in [1.82, 2.24) is 19.6 Å². The average molecular weight is 927 g/mol. The van der Waals surface area contributed by atoms with Crippen LogP contribution in [-0.2, 0) is 19.2 Å². The molecule has 0 aromatic heterocycles. The molecule has 0 unspecified atom stereocenters. The van der Waals surface area contributed by atoms with E-state index in [1.807, 2.05) is 0 Å². The lowest BCUT2D eigenvalue weighted by Crippen LogP contribution is -2.49. The van der Waals surface area contributed by atoms with Gasteiger partial charge in [0.1, 0.15) is 0 Å². The summed E-state index contributed by atoms with van der Waals surface area (Å²) in [6.07, 6.45) is 5.46. The maximum absolute atomic E-state index is 13.3. The first kappa shape index (κ1) is 45.1. The maximum atomic E-state index is 13.3. The Morgan fingerprint density at radius 2 is 0.902 bits per heavy atom. The van der Waals surface area contributed by atoms with Gasteiger partial charge in [-0.05, 0) is 59.7 Å². The Labute approximate surface area is 374 Å². The SMILES string of the molecule is CC(=O)N1CCN(C(=O)C=Cc2ccc(Sc3ccc(C=CC(=O)N4CCN(C(C)=O)CC4)c(-c4ccc(Cl)cc4Cl)c3[N+](=O)[O-])c([N+](=O)[O-])c2-c2ccc(Cl)cc2Cl)CC1. The van der Waals surface area contributed by atoms with Crippen LogP contribution in [0, 0.1) is 20.2 Å². The largest absolute Gasteiger partial charge is 0.339 e. The van der Waals surface area contributed by atoms with Gasteiger partial charge in [0.2, 0.25) is 23.6 Å². The lowest BCUT2D eigenvalue weighted by atomic mass is 9.97. The van der Waals surface area contributed by atoms with Crippen molar-refractivity contribution in [2.45, 2.75) is 23.6 Å². The second-order valence-electron chi connectivity index (χ2n) is 13.9. The molecular weight excluding hydrogens is 890 g/mol. The molecule has 4 aromatic rings. The van der Waals surface area contributed by atoms with Gasteiger partial charge in [-0.1, -0.05) is 82.4 Å². The molecule has 0 saturated carbocycles. The molecule has 0 N–H and O–H groups in total. The Balaban J connectivity index is 1.45. The van der Waals surface area contributed by atoms with Gasteiger partial charge in [-0.3, -0.25) is 39.4 Å². The Bertz CT molecular complexity index is 2350. The normalized spacial score (nSPS) is 14.5. The molecule has 2 aliphatic heterocycles. The minimum absolute atomic E-state index is 0.00859. The highest BCUT2D eigenvalue weighted by atomic mass is 35.5. The highest BCUT2D eigenvalue weighted by Crippen LogP contribution is 2.50. The summed E-state index contributed by atoms with van der Waals surface area (Å²) in [5.41, 5.74) is 0.133. The van der Waals surface area contributed by atoms with Crippen molar-refractivity contribution < 1.29 is 29.0 Å². The predicted octanol–water partition coefficient (Wildman–Crippen LogP) is 9.01. The quantitative estimate of drug-likeness (QED) is 0.0857. The zero-order valence-electron chi connectivity index (χ0n) is 32.6. The van der Waals surface area contributed by atoms with E-state index in [1.54, 1.807) is 31.7 Å². The number of halogens is 4. The third kappa shape index (κ3) is 10.4. The minimum Gasteiger partial charge on any atom is -0.339 e. The number of piperazine rings is 2. The van der Waals surface area contributed by atoms with Crippen LogP contribution in [-0.4, -0.2) is 105 Å². The summed E-state index contributed by atoms with van der Waals surface area (Å²) in [5, 5.41) is 27.0. The number of hydrogen-bond acceptors (Lipinski definition) is 9. The molecule has 2 saturated heterocycles. The molecule has 2 aliphatic rings. The molecule has 0 bridgehead atoms. The van der Waals surface area contributed by atoms with E-state index < -0.39 is 21.2 Å². The van der Waals surface area contributed by atoms with Gasteiger partial charge in [0.05, 0.1) is 40.8 Å². The molecule has 4 aromatic carbocycles. The number of nitro benzene ring substituents is 2. The molecule has 0 aliphatic carbocycles. The van der Waals surface area contributed by atoms with E-state index >= 15 is 0 Å². The summed E-state index contributed by atoms with van der Waals surface area (Å²) >= 11 is 26.5. The van der Waals surface area contributed by atoms with Gasteiger partial charge in [0.25, 0.3) is 11.4 Å². The summed E-state index contributed by atoms with van der Waals surface area (Å²) in [6.45, 7) is 5.62. The number of amides is 4. The molecule has 0 radical (unpaired) electrons. The van der Waals surface area contributed by atoms with Crippen LogP contribution in [0.2, 0.25) is 20.1 Å². The molecule has 316 valence electrons. The van der Waals surface area contributed by atoms with Gasteiger partial charge in [0.15, 0.2) is 0 Å². The summed E-state index contributed by atoms with van der Waals surface area (Å²) in [7, 11) is 0. The molecule has 2 fully saturated rings. The summed E-state index contributed by atoms with van der Waals surface area (Å²) < 4.78 is 0. The van der Waals surface area contributed by atoms with Crippen molar-refractivity contribution in [2.75, 3.05) is 52.4 Å². The van der Waals surface area contributed by atoms with Gasteiger partial charge in [0, 0.05) is 99.5 Å². The van der Waals surface area contributed by atoms with Crippen LogP contribution < -0.4 is 0 Å². The van der Waals surface area contributed by atoms with Gasteiger partial charge >= 0.3 is 0 Å². The monoisotopic (exact) mass is 924 g/mol. The number of rotatable bonds is 10. The molecule has 6 rings (SSSR count). The zero-order valence-corrected chi connectivity index (χ0v) is 36.4. The standard InChI is InChI=1S/C42H36Cl4N6O8S/c1-25(53)47-15-19-49(20-16-47)37(55)13-5-27-3-11-35(41(51(57)58)39(27)31-9-7-29(43)23-33(31)45)61-36-12-4-28(6-14-38(56)50-21-17-48(18-22-50)26(2)54)40(42(36)52(59)60)32-10-8-30(44)24-34(32)46/h3-14,23-24H,15-22H2,1-2H3. The van der Waals surface area contributed by atoms with Crippen molar-refractivity contribution in [3.05, 3.63) is 124 Å². The van der Waals surface area contributed by atoms with E-state index in [0.29, 0.717) is 52.4 Å². The molecule has 61 heavy (non-hydrogen) atoms. The first-order valence-electron chi connectivity index (χ1n) is 18.7. The molecule has 2 heterocycles. The highest BCUT2D eigenvalue weighted by Gasteiger charge is 2.31. The van der Waals surface area contributed by atoms with E-state index in [-0.39, 0.29) is 86.9 Å². The van der Waals surface area contributed by atoms with Crippen LogP contribution >= 0.6 is 58.2 Å². The van der Waals surface area contributed by atoms with Crippen molar-refractivity contribution in [2.24, 2.45) is 0 Å². The lowest BCUT2D eigenvalue weighted by molar-refractivity contribution is -0.387. The van der Waals surface area contributed by atoms with Gasteiger partial charge < -0.3 is 19.6 Å². The fourth-order valence-corrected chi connectivity index (χ4v) is 9.13. The Morgan fingerprint density at radius 3 is 1.21 bits per heavy atom. The zero-order chi connectivity index (χ0) is 44.1. The molecule has 4 amide bonds. The van der Waals surface area contributed by atoms with Crippen molar-refractivity contribution in [3.63, 3.8) is 0 Å². The summed E-state index contributed by atoms with van der Waals surface area (Å²) in [5.74, 6) is -0.920. The summed E-state index contributed by atoms with van der Waals surface area (Å²) in [4.78, 5) is 81.6. The smallest absolute Gasteiger partial charge is 0.291 e. The van der Waals surface area contributed by atoms with E-state index in [2.05, 4.69) is 0 Å². The lowest BCUT2D eigenvalue weighted by Gasteiger charge is -2.33. The maximum Gasteiger partial charge on any atom is 0.291 e. The fraction of sp³-hybridized carbons (Fsp3) is 0.238. The fourth-order valence-electron chi connectivity index (χ4n) is 7.07. The molecule has 19 heteroatoms. The number of carbonyl (C=O) groups is 4. The van der Waals surface area contributed by atoms with Crippen molar-refractivity contribution in [3.8, 4) is 22.3 Å². The van der Waals surface area contributed by atoms with Crippen LogP contribution in [0.1, 0.15) is 25.0 Å². The van der Waals surface area contributed by atoms with Crippen LogP contribution in [0.25, 0.3) is 34.4 Å². The second kappa shape index (κ2) is 19.5. The third-order valence-corrected chi connectivity index (χ3v) is 12.4. The van der Waals surface area contributed by atoms with Crippen LogP contribution in [0.5, 0.6) is 0 Å². The van der Waals surface area contributed by atoms with Gasteiger partial charge in [-0.15, -0.1) is 0 Å². The Morgan fingerprint density at radius 1 is 0.557 bits per heavy atom. The number of nitrogens with zero attached hydrogens (tertiary/aromatic N) is 6. The van der Waals surface area contributed by atoms with E-state index in [9.17, 15) is 39.4 Å². The highest BCUT2D eigenvalue weighted by molar-refractivity contribution is 7.99. The summed E-state index contributed by atoms with van der Waals surface area (Å²) in [6, 6.07) is 14.9. The van der Waals surface area contributed by atoms with Crippen molar-refractivity contribution >= 4 is 105 Å². The number of nitro groups is 2. The first-order valence-corrected chi connectivity index (χ1v) is 21.0. The number of benzene rings is 4. The van der Waals surface area contributed by atoms with E-state index in [4.69, 9.17) is 46.4 Å². The van der Waals surface area contributed by atoms with E-state index in [1.165, 1.54) is 86.7 Å². The third-order valence-electron chi connectivity index (χ3n) is 10.2. The number of carbonyl (C=O) groups excluding carboxylic acids is 4. The second-order valence-corrected chi connectivity index (χ2v) is 16.7.